The maximum Gasteiger partial charge on any atom is 0.224 e. The lowest BCUT2D eigenvalue weighted by Gasteiger charge is -2.04. The molecule has 1 aromatic heterocycles. The molecule has 1 heterocycles. The van der Waals surface area contributed by atoms with Crippen LogP contribution in [0.3, 0.4) is 0 Å². The number of hydrogen-bond donors (Lipinski definition) is 0. The van der Waals surface area contributed by atoms with Gasteiger partial charge in [0.15, 0.2) is 6.20 Å². The topological polar surface area (TPSA) is 3.88 Å². The fourth-order valence-electron chi connectivity index (χ4n) is 2.25. The average molecular weight is 230 g/mol. The maximum absolute atomic E-state index is 2.32. The van der Waals surface area contributed by atoms with E-state index in [9.17, 15) is 0 Å². The minimum Gasteiger partial charge on any atom is -0.102 e. The zero-order valence-corrected chi connectivity index (χ0v) is 10.4. The first-order valence-corrected chi connectivity index (χ1v) is 6.71. The van der Waals surface area contributed by atoms with Gasteiger partial charge in [-0.05, 0) is 32.6 Å². The Morgan fingerprint density at radius 1 is 1.06 bits per heavy atom. The van der Waals surface area contributed by atoms with Gasteiger partial charge in [-0.2, -0.15) is 0 Å². The Balaban J connectivity index is 2.00. The largest absolute Gasteiger partial charge is 0.224 e. The van der Waals surface area contributed by atoms with Crippen LogP contribution in [-0.2, 0) is 12.8 Å². The van der Waals surface area contributed by atoms with Gasteiger partial charge in [-0.25, -0.2) is 0 Å². The number of hydrogen-bond acceptors (Lipinski definition) is 1. The molecule has 2 heteroatoms. The van der Waals surface area contributed by atoms with Crippen molar-refractivity contribution in [1.82, 2.24) is 0 Å². The van der Waals surface area contributed by atoms with Crippen LogP contribution < -0.4 is 3.96 Å². The van der Waals surface area contributed by atoms with Crippen molar-refractivity contribution in [3.8, 4) is 5.69 Å². The Morgan fingerprint density at radius 3 is 2.56 bits per heavy atom. The molecule has 1 aliphatic carbocycles. The van der Waals surface area contributed by atoms with Crippen LogP contribution in [0.15, 0.2) is 30.5 Å². The summed E-state index contributed by atoms with van der Waals surface area (Å²) in [7, 11) is 0. The van der Waals surface area contributed by atoms with Crippen LogP contribution in [0.1, 0.15) is 28.8 Å². The first-order chi connectivity index (χ1) is 7.83. The van der Waals surface area contributed by atoms with Gasteiger partial charge in [0.1, 0.15) is 11.5 Å². The molecule has 1 nitrogen and oxygen atoms in total. The van der Waals surface area contributed by atoms with Crippen LogP contribution in [-0.4, -0.2) is 0 Å². The van der Waals surface area contributed by atoms with Gasteiger partial charge in [0.2, 0.25) is 5.69 Å². The normalized spacial score (nSPS) is 14.8. The van der Waals surface area contributed by atoms with Crippen molar-refractivity contribution in [3.05, 3.63) is 46.5 Å². The van der Waals surface area contributed by atoms with E-state index in [1.807, 2.05) is 11.5 Å². The third-order valence-electron chi connectivity index (χ3n) is 3.23. The van der Waals surface area contributed by atoms with Gasteiger partial charge < -0.3 is 0 Å². The van der Waals surface area contributed by atoms with Crippen molar-refractivity contribution in [2.45, 2.75) is 32.6 Å². The molecule has 0 unspecified atom stereocenters. The third kappa shape index (κ3) is 1.78. The molecule has 0 bridgehead atoms. The van der Waals surface area contributed by atoms with E-state index in [2.05, 4.69) is 41.3 Å². The SMILES string of the molecule is Cc1ccc(-[n+]2cc3c(s2)CCCC3)cc1. The number of benzene rings is 1. The van der Waals surface area contributed by atoms with Crippen molar-refractivity contribution in [2.75, 3.05) is 0 Å². The molecule has 0 fully saturated rings. The first-order valence-electron chi connectivity index (χ1n) is 5.94. The molecule has 16 heavy (non-hydrogen) atoms. The summed E-state index contributed by atoms with van der Waals surface area (Å²) in [6.45, 7) is 2.13. The lowest BCUT2D eigenvalue weighted by Crippen LogP contribution is -2.23. The molecule has 0 saturated heterocycles. The molecule has 0 amide bonds. The standard InChI is InChI=1S/C14H16NS/c1-11-6-8-13(9-7-11)15-10-12-4-2-3-5-14(12)16-15/h6-10H,2-5H2,1H3/q+1. The van der Waals surface area contributed by atoms with Gasteiger partial charge in [0.25, 0.3) is 0 Å². The van der Waals surface area contributed by atoms with E-state index in [1.165, 1.54) is 36.9 Å². The fourth-order valence-corrected chi connectivity index (χ4v) is 3.40. The lowest BCUT2D eigenvalue weighted by molar-refractivity contribution is -0.520. The summed E-state index contributed by atoms with van der Waals surface area (Å²) in [4.78, 5) is 1.59. The number of fused-ring (bicyclic) bond motifs is 1. The molecule has 0 atom stereocenters. The summed E-state index contributed by atoms with van der Waals surface area (Å²) < 4.78 is 2.31. The number of nitrogens with zero attached hydrogens (tertiary/aromatic N) is 1. The van der Waals surface area contributed by atoms with Gasteiger partial charge in [-0.3, -0.25) is 0 Å². The molecule has 2 aromatic rings. The predicted molar refractivity (Wildman–Crippen MR) is 67.2 cm³/mol. The highest BCUT2D eigenvalue weighted by atomic mass is 32.1. The smallest absolute Gasteiger partial charge is 0.102 e. The molecule has 0 saturated carbocycles. The van der Waals surface area contributed by atoms with Crippen LogP contribution in [0.2, 0.25) is 0 Å². The zero-order chi connectivity index (χ0) is 11.0. The van der Waals surface area contributed by atoms with Crippen LogP contribution in [0.4, 0.5) is 0 Å². The average Bonchev–Trinajstić information content (AvgIpc) is 2.73. The van der Waals surface area contributed by atoms with Crippen molar-refractivity contribution >= 4 is 11.5 Å². The van der Waals surface area contributed by atoms with E-state index < -0.39 is 0 Å². The maximum atomic E-state index is 2.32. The Morgan fingerprint density at radius 2 is 1.81 bits per heavy atom. The number of rotatable bonds is 1. The van der Waals surface area contributed by atoms with E-state index in [1.54, 1.807) is 10.4 Å². The number of aromatic nitrogens is 1. The van der Waals surface area contributed by atoms with E-state index in [-0.39, 0.29) is 0 Å². The van der Waals surface area contributed by atoms with E-state index in [4.69, 9.17) is 0 Å². The molecule has 1 aliphatic rings. The quantitative estimate of drug-likeness (QED) is 0.662. The van der Waals surface area contributed by atoms with Crippen LogP contribution >= 0.6 is 11.5 Å². The van der Waals surface area contributed by atoms with Crippen LogP contribution in [0.25, 0.3) is 5.69 Å². The Kier molecular flexibility index (Phi) is 2.52. The minimum atomic E-state index is 1.27. The monoisotopic (exact) mass is 230 g/mol. The summed E-state index contributed by atoms with van der Waals surface area (Å²) in [5, 5.41) is 0. The molecule has 0 spiro atoms. The van der Waals surface area contributed by atoms with Crippen molar-refractivity contribution in [2.24, 2.45) is 0 Å². The molecule has 1 aromatic carbocycles. The van der Waals surface area contributed by atoms with E-state index in [0.29, 0.717) is 0 Å². The van der Waals surface area contributed by atoms with Crippen molar-refractivity contribution in [1.29, 1.82) is 0 Å². The molecular weight excluding hydrogens is 214 g/mol. The second kappa shape index (κ2) is 4.02. The molecule has 0 N–H and O–H groups in total. The fraction of sp³-hybridized carbons (Fsp3) is 0.357. The van der Waals surface area contributed by atoms with Crippen LogP contribution in [0.5, 0.6) is 0 Å². The Hall–Kier alpha value is -1.15. The highest BCUT2D eigenvalue weighted by molar-refractivity contribution is 7.02. The second-order valence-electron chi connectivity index (χ2n) is 4.54. The van der Waals surface area contributed by atoms with Gasteiger partial charge in [-0.15, -0.1) is 3.96 Å². The van der Waals surface area contributed by atoms with Crippen molar-refractivity contribution in [3.63, 3.8) is 0 Å². The highest BCUT2D eigenvalue weighted by Gasteiger charge is 2.20. The van der Waals surface area contributed by atoms with E-state index >= 15 is 0 Å². The van der Waals surface area contributed by atoms with Gasteiger partial charge in [0, 0.05) is 17.7 Å². The molecule has 0 aliphatic heterocycles. The molecule has 82 valence electrons. The summed E-state index contributed by atoms with van der Waals surface area (Å²) in [6, 6.07) is 8.77. The summed E-state index contributed by atoms with van der Waals surface area (Å²) in [5.74, 6) is 0. The van der Waals surface area contributed by atoms with Gasteiger partial charge in [-0.1, -0.05) is 17.7 Å². The minimum absolute atomic E-state index is 1.27. The zero-order valence-electron chi connectivity index (χ0n) is 9.57. The highest BCUT2D eigenvalue weighted by Crippen LogP contribution is 2.23. The van der Waals surface area contributed by atoms with Crippen LogP contribution in [0, 0.1) is 6.92 Å². The van der Waals surface area contributed by atoms with E-state index in [0.717, 1.165) is 0 Å². The third-order valence-corrected chi connectivity index (χ3v) is 4.43. The van der Waals surface area contributed by atoms with Crippen molar-refractivity contribution < 1.29 is 3.96 Å². The summed E-state index contributed by atoms with van der Waals surface area (Å²) in [6.07, 6.45) is 7.59. The van der Waals surface area contributed by atoms with Gasteiger partial charge in [0.05, 0.1) is 4.88 Å². The molecule has 3 rings (SSSR count). The lowest BCUT2D eigenvalue weighted by atomic mass is 10.0. The second-order valence-corrected chi connectivity index (χ2v) is 5.61. The first kappa shape index (κ1) is 10.0. The summed E-state index contributed by atoms with van der Waals surface area (Å²) >= 11 is 1.91. The predicted octanol–water partition coefficient (Wildman–Crippen LogP) is 3.21. The Labute approximate surface area is 101 Å². The summed E-state index contributed by atoms with van der Waals surface area (Å²) in [5.41, 5.74) is 4.19. The number of aryl methyl sites for hydroxylation is 3. The molecular formula is C14H16NS+. The van der Waals surface area contributed by atoms with Gasteiger partial charge >= 0.3 is 0 Å². The Bertz CT molecular complexity index is 472. The molecule has 0 radical (unpaired) electrons.